The molecule has 6 heteroatoms. The van der Waals surface area contributed by atoms with Crippen molar-refractivity contribution in [3.05, 3.63) is 90.3 Å². The van der Waals surface area contributed by atoms with Crippen LogP contribution in [-0.2, 0) is 6.42 Å². The van der Waals surface area contributed by atoms with Gasteiger partial charge in [0.05, 0.1) is 12.8 Å². The van der Waals surface area contributed by atoms with Crippen LogP contribution in [0.25, 0.3) is 22.6 Å². The molecule has 0 amide bonds. The van der Waals surface area contributed by atoms with Crippen molar-refractivity contribution in [3.63, 3.8) is 0 Å². The van der Waals surface area contributed by atoms with Crippen molar-refractivity contribution in [1.82, 2.24) is 24.8 Å². The second-order valence-electron chi connectivity index (χ2n) is 8.02. The van der Waals surface area contributed by atoms with E-state index in [0.717, 1.165) is 58.4 Å². The van der Waals surface area contributed by atoms with Crippen LogP contribution in [0.4, 0.5) is 0 Å². The van der Waals surface area contributed by atoms with E-state index in [-0.39, 0.29) is 0 Å². The smallest absolute Gasteiger partial charge is 0.156 e. The molecule has 0 atom stereocenters. The number of ether oxygens (including phenoxy) is 1. The predicted molar refractivity (Wildman–Crippen MR) is 130 cm³/mol. The van der Waals surface area contributed by atoms with Crippen LogP contribution in [0.15, 0.2) is 73.3 Å². The summed E-state index contributed by atoms with van der Waals surface area (Å²) in [7, 11) is 5.79. The van der Waals surface area contributed by atoms with Crippen molar-refractivity contribution in [2.45, 2.75) is 6.42 Å². The van der Waals surface area contributed by atoms with Crippen LogP contribution in [0.1, 0.15) is 17.0 Å². The van der Waals surface area contributed by atoms with E-state index in [2.05, 4.69) is 61.2 Å². The summed E-state index contributed by atoms with van der Waals surface area (Å²) < 4.78 is 7.17. The average molecular weight is 428 g/mol. The molecule has 0 aliphatic rings. The van der Waals surface area contributed by atoms with Gasteiger partial charge in [0.25, 0.3) is 0 Å². The van der Waals surface area contributed by atoms with Crippen LogP contribution in [0.2, 0.25) is 0 Å². The number of likely N-dealkylation sites (N-methyl/N-ethyl adjacent to an activating group) is 1. The van der Waals surface area contributed by atoms with E-state index in [1.54, 1.807) is 7.11 Å². The SMILES string of the molecule is C=C(NCCN(C)C)c1ccc(Cc2nc3cccc(-c4ccc(OC)cc4)n3n2)cc1. The fourth-order valence-corrected chi connectivity index (χ4v) is 3.54. The third-order valence-electron chi connectivity index (χ3n) is 5.35. The van der Waals surface area contributed by atoms with Gasteiger partial charge in [-0.2, -0.15) is 5.10 Å². The third-order valence-corrected chi connectivity index (χ3v) is 5.35. The van der Waals surface area contributed by atoms with Gasteiger partial charge >= 0.3 is 0 Å². The second-order valence-corrected chi connectivity index (χ2v) is 8.02. The summed E-state index contributed by atoms with van der Waals surface area (Å²) in [6, 6.07) is 22.4. The molecule has 1 N–H and O–H groups in total. The first-order chi connectivity index (χ1) is 15.5. The molecule has 6 nitrogen and oxygen atoms in total. The minimum absolute atomic E-state index is 0.671. The van der Waals surface area contributed by atoms with Crippen molar-refractivity contribution in [1.29, 1.82) is 0 Å². The van der Waals surface area contributed by atoms with Crippen LogP contribution in [0.3, 0.4) is 0 Å². The molecule has 0 unspecified atom stereocenters. The van der Waals surface area contributed by atoms with Crippen molar-refractivity contribution in [3.8, 4) is 17.0 Å². The fourth-order valence-electron chi connectivity index (χ4n) is 3.54. The van der Waals surface area contributed by atoms with Gasteiger partial charge in [0, 0.05) is 30.8 Å². The van der Waals surface area contributed by atoms with Gasteiger partial charge in [-0.05, 0) is 61.6 Å². The van der Waals surface area contributed by atoms with Gasteiger partial charge < -0.3 is 15.0 Å². The Labute approximate surface area is 189 Å². The van der Waals surface area contributed by atoms with E-state index in [1.165, 1.54) is 0 Å². The van der Waals surface area contributed by atoms with E-state index < -0.39 is 0 Å². The highest BCUT2D eigenvalue weighted by Gasteiger charge is 2.10. The maximum absolute atomic E-state index is 5.27. The molecule has 164 valence electrons. The number of nitrogens with zero attached hydrogens (tertiary/aromatic N) is 4. The molecule has 0 radical (unpaired) electrons. The Balaban J connectivity index is 1.49. The Morgan fingerprint density at radius 3 is 2.47 bits per heavy atom. The number of methoxy groups -OCH3 is 1. The molecule has 2 heterocycles. The van der Waals surface area contributed by atoms with Gasteiger partial charge in [0.1, 0.15) is 5.75 Å². The molecule has 32 heavy (non-hydrogen) atoms. The summed E-state index contributed by atoms with van der Waals surface area (Å²) in [6.07, 6.45) is 0.671. The minimum atomic E-state index is 0.671. The normalized spacial score (nSPS) is 11.1. The lowest BCUT2D eigenvalue weighted by Crippen LogP contribution is -2.25. The quantitative estimate of drug-likeness (QED) is 0.436. The molecular weight excluding hydrogens is 398 g/mol. The summed E-state index contributed by atoms with van der Waals surface area (Å²) in [5.74, 6) is 1.63. The lowest BCUT2D eigenvalue weighted by atomic mass is 10.1. The van der Waals surface area contributed by atoms with Gasteiger partial charge in [-0.1, -0.05) is 36.9 Å². The number of rotatable bonds is 9. The molecule has 0 spiro atoms. The third kappa shape index (κ3) is 4.98. The molecule has 0 saturated heterocycles. The summed E-state index contributed by atoms with van der Waals surface area (Å²) >= 11 is 0. The van der Waals surface area contributed by atoms with E-state index >= 15 is 0 Å². The first-order valence-electron chi connectivity index (χ1n) is 10.7. The van der Waals surface area contributed by atoms with Crippen molar-refractivity contribution in [2.75, 3.05) is 34.3 Å². The minimum Gasteiger partial charge on any atom is -0.497 e. The Hall–Kier alpha value is -3.64. The van der Waals surface area contributed by atoms with Crippen molar-refractivity contribution in [2.24, 2.45) is 0 Å². The van der Waals surface area contributed by atoms with E-state index in [4.69, 9.17) is 14.8 Å². The topological polar surface area (TPSA) is 54.7 Å². The Morgan fingerprint density at radius 1 is 1.03 bits per heavy atom. The van der Waals surface area contributed by atoms with Crippen LogP contribution in [0.5, 0.6) is 5.75 Å². The van der Waals surface area contributed by atoms with Crippen LogP contribution < -0.4 is 10.1 Å². The molecular formula is C26H29N5O. The molecule has 2 aromatic carbocycles. The highest BCUT2D eigenvalue weighted by molar-refractivity contribution is 5.64. The molecule has 2 aromatic heterocycles. The number of hydrogen-bond acceptors (Lipinski definition) is 5. The number of hydrogen-bond donors (Lipinski definition) is 1. The number of nitrogens with one attached hydrogen (secondary N) is 1. The van der Waals surface area contributed by atoms with Gasteiger partial charge in [-0.25, -0.2) is 9.50 Å². The van der Waals surface area contributed by atoms with Crippen molar-refractivity contribution < 1.29 is 4.74 Å². The molecule has 0 fully saturated rings. The summed E-state index contributed by atoms with van der Waals surface area (Å²) in [5.41, 5.74) is 6.10. The maximum Gasteiger partial charge on any atom is 0.156 e. The summed E-state index contributed by atoms with van der Waals surface area (Å²) in [6.45, 7) is 5.99. The molecule has 4 rings (SSSR count). The van der Waals surface area contributed by atoms with Crippen LogP contribution >= 0.6 is 0 Å². The summed E-state index contributed by atoms with van der Waals surface area (Å²) in [5, 5.41) is 8.16. The zero-order valence-electron chi connectivity index (χ0n) is 18.9. The number of benzene rings is 2. The number of aromatic nitrogens is 3. The van der Waals surface area contributed by atoms with E-state index in [9.17, 15) is 0 Å². The highest BCUT2D eigenvalue weighted by atomic mass is 16.5. The van der Waals surface area contributed by atoms with E-state index in [1.807, 2.05) is 40.9 Å². The number of fused-ring (bicyclic) bond motifs is 1. The summed E-state index contributed by atoms with van der Waals surface area (Å²) in [4.78, 5) is 6.88. The van der Waals surface area contributed by atoms with Gasteiger partial charge in [0.15, 0.2) is 11.5 Å². The van der Waals surface area contributed by atoms with Crippen LogP contribution in [-0.4, -0.2) is 53.8 Å². The van der Waals surface area contributed by atoms with Gasteiger partial charge in [-0.15, -0.1) is 0 Å². The second kappa shape index (κ2) is 9.66. The average Bonchev–Trinajstić information content (AvgIpc) is 3.22. The van der Waals surface area contributed by atoms with Gasteiger partial charge in [-0.3, -0.25) is 0 Å². The maximum atomic E-state index is 5.27. The number of pyridine rings is 1. The highest BCUT2D eigenvalue weighted by Crippen LogP contribution is 2.23. The largest absolute Gasteiger partial charge is 0.497 e. The zero-order chi connectivity index (χ0) is 22.5. The lowest BCUT2D eigenvalue weighted by Gasteiger charge is -2.13. The predicted octanol–water partition coefficient (Wildman–Crippen LogP) is 4.12. The molecule has 4 aromatic rings. The first kappa shape index (κ1) is 21.6. The lowest BCUT2D eigenvalue weighted by molar-refractivity contribution is 0.411. The zero-order valence-corrected chi connectivity index (χ0v) is 18.9. The van der Waals surface area contributed by atoms with Crippen molar-refractivity contribution >= 4 is 11.3 Å². The molecule has 0 bridgehead atoms. The van der Waals surface area contributed by atoms with E-state index in [0.29, 0.717) is 6.42 Å². The first-order valence-corrected chi connectivity index (χ1v) is 10.7. The molecule has 0 saturated carbocycles. The standard InChI is InChI=1S/C26H29N5O/c1-19(27-16-17-30(2)3)21-10-8-20(9-11-21)18-25-28-26-7-5-6-24(31(26)29-25)22-12-14-23(32-4)15-13-22/h5-15,27H,1,16-18H2,2-4H3. The monoisotopic (exact) mass is 427 g/mol. The van der Waals surface area contributed by atoms with Crippen LogP contribution in [0, 0.1) is 0 Å². The Morgan fingerprint density at radius 2 is 1.78 bits per heavy atom. The fraction of sp³-hybridized carbons (Fsp3) is 0.231. The molecule has 0 aliphatic heterocycles. The molecule has 0 aliphatic carbocycles. The Bertz CT molecular complexity index is 1190. The Kier molecular flexibility index (Phi) is 6.52. The van der Waals surface area contributed by atoms with Gasteiger partial charge in [0.2, 0.25) is 0 Å².